The summed E-state index contributed by atoms with van der Waals surface area (Å²) in [5.74, 6) is 0. The van der Waals surface area contributed by atoms with E-state index in [9.17, 15) is 4.21 Å². The molecule has 1 rings (SSSR count). The first kappa shape index (κ1) is 12.9. The second-order valence-corrected chi connectivity index (χ2v) is 7.10. The van der Waals surface area contributed by atoms with E-state index in [0.717, 1.165) is 5.56 Å². The minimum atomic E-state index is -2.60. The summed E-state index contributed by atoms with van der Waals surface area (Å²) >= 11 is 9.27. The Morgan fingerprint density at radius 2 is 1.75 bits per heavy atom. The summed E-state index contributed by atoms with van der Waals surface area (Å²) in [7, 11) is -2.60. The molecule has 0 aliphatic carbocycles. The standard InChI is InChI=1S/C7H8OS3.Na/c1-6-2-4-7(5-3-6)11(8,9)10;/h2-5H,1H3,(H,8,9,10);/q;+1/p-1. The van der Waals surface area contributed by atoms with Crippen LogP contribution >= 0.6 is 0 Å². The van der Waals surface area contributed by atoms with Crippen LogP contribution in [0.2, 0.25) is 0 Å². The maximum Gasteiger partial charge on any atom is 1.00 e. The molecule has 1 unspecified atom stereocenters. The van der Waals surface area contributed by atoms with E-state index in [1.54, 1.807) is 12.1 Å². The molecule has 0 heterocycles. The predicted molar refractivity (Wildman–Crippen MR) is 52.3 cm³/mol. The molecule has 0 N–H and O–H groups in total. The van der Waals surface area contributed by atoms with Crippen LogP contribution in [0.15, 0.2) is 29.2 Å². The molecule has 0 saturated heterocycles. The minimum absolute atomic E-state index is 0. The van der Waals surface area contributed by atoms with Crippen molar-refractivity contribution in [3.05, 3.63) is 29.8 Å². The summed E-state index contributed by atoms with van der Waals surface area (Å²) < 4.78 is 11.1. The van der Waals surface area contributed by atoms with Gasteiger partial charge in [-0.3, -0.25) is 4.21 Å². The van der Waals surface area contributed by atoms with E-state index in [4.69, 9.17) is 0 Å². The molecule has 1 aromatic carbocycles. The third-order valence-corrected chi connectivity index (χ3v) is 3.31. The summed E-state index contributed by atoms with van der Waals surface area (Å²) in [5, 5.41) is 0. The van der Waals surface area contributed by atoms with Crippen LogP contribution in [0.5, 0.6) is 0 Å². The molecule has 0 aliphatic rings. The van der Waals surface area contributed by atoms with Crippen molar-refractivity contribution in [2.24, 2.45) is 0 Å². The summed E-state index contributed by atoms with van der Waals surface area (Å²) in [4.78, 5) is 0.563. The maximum absolute atomic E-state index is 11.1. The molecular weight excluding hydrogens is 219 g/mol. The number of hydrogen-bond acceptors (Lipinski definition) is 3. The van der Waals surface area contributed by atoms with Gasteiger partial charge in [0.2, 0.25) is 0 Å². The van der Waals surface area contributed by atoms with E-state index >= 15 is 0 Å². The van der Waals surface area contributed by atoms with Gasteiger partial charge in [-0.1, -0.05) is 25.2 Å². The molecule has 0 aliphatic heterocycles. The molecule has 0 bridgehead atoms. The zero-order valence-corrected chi connectivity index (χ0v) is 11.4. The van der Waals surface area contributed by atoms with Crippen LogP contribution in [0.1, 0.15) is 5.56 Å². The number of rotatable bonds is 1. The third kappa shape index (κ3) is 3.77. The normalized spacial score (nSPS) is 14.5. The molecule has 0 radical (unpaired) electrons. The monoisotopic (exact) mass is 226 g/mol. The molecule has 1 atom stereocenters. The summed E-state index contributed by atoms with van der Waals surface area (Å²) in [5.41, 5.74) is 1.11. The van der Waals surface area contributed by atoms with Gasteiger partial charge >= 0.3 is 29.6 Å². The maximum atomic E-state index is 11.1. The summed E-state index contributed by atoms with van der Waals surface area (Å²) in [6.45, 7) is 1.96. The topological polar surface area (TPSA) is 17.1 Å². The summed E-state index contributed by atoms with van der Waals surface area (Å²) in [6.07, 6.45) is 0. The molecule has 1 aromatic rings. The van der Waals surface area contributed by atoms with Crippen molar-refractivity contribution in [1.82, 2.24) is 0 Å². The summed E-state index contributed by atoms with van der Waals surface area (Å²) in [6, 6.07) is 7.15. The second-order valence-electron chi connectivity index (χ2n) is 2.27. The zero-order chi connectivity index (χ0) is 8.48. The van der Waals surface area contributed by atoms with Gasteiger partial charge in [0.15, 0.2) is 0 Å². The largest absolute Gasteiger partial charge is 1.00 e. The SMILES string of the molecule is Cc1ccc(S(=O)(=S)[S-])cc1.[Na+]. The van der Waals surface area contributed by atoms with E-state index in [2.05, 4.69) is 22.8 Å². The minimum Gasteiger partial charge on any atom is -0.673 e. The van der Waals surface area contributed by atoms with Gasteiger partial charge in [0.25, 0.3) is 0 Å². The molecule has 0 aromatic heterocycles. The molecule has 0 fully saturated rings. The van der Waals surface area contributed by atoms with E-state index in [1.165, 1.54) is 0 Å². The van der Waals surface area contributed by atoms with Gasteiger partial charge in [-0.05, 0) is 30.2 Å². The Hall–Kier alpha value is 0.940. The quantitative estimate of drug-likeness (QED) is 0.332. The number of hydrogen-bond donors (Lipinski definition) is 0. The fourth-order valence-electron chi connectivity index (χ4n) is 0.705. The number of benzene rings is 1. The van der Waals surface area contributed by atoms with Crippen LogP contribution in [0.4, 0.5) is 0 Å². The van der Waals surface area contributed by atoms with Crippen LogP contribution in [0.25, 0.3) is 0 Å². The Morgan fingerprint density at radius 1 is 1.33 bits per heavy atom. The molecule has 0 spiro atoms. The van der Waals surface area contributed by atoms with E-state index in [1.807, 2.05) is 19.1 Å². The van der Waals surface area contributed by atoms with Crippen LogP contribution in [-0.2, 0) is 30.4 Å². The van der Waals surface area contributed by atoms with Crippen molar-refractivity contribution in [1.29, 1.82) is 0 Å². The van der Waals surface area contributed by atoms with Crippen LogP contribution < -0.4 is 29.6 Å². The van der Waals surface area contributed by atoms with Gasteiger partial charge in [-0.2, -0.15) is 0 Å². The molecule has 0 saturated carbocycles. The van der Waals surface area contributed by atoms with Crippen molar-refractivity contribution in [2.75, 3.05) is 0 Å². The first-order chi connectivity index (χ1) is 5.00. The Morgan fingerprint density at radius 3 is 2.08 bits per heavy atom. The van der Waals surface area contributed by atoms with Crippen molar-refractivity contribution < 1.29 is 33.8 Å². The molecule has 5 heteroatoms. The second kappa shape index (κ2) is 4.98. The first-order valence-corrected chi connectivity index (χ1v) is 6.43. The molecule has 1 nitrogen and oxygen atoms in total. The van der Waals surface area contributed by atoms with Gasteiger partial charge in [0, 0.05) is 4.90 Å². The Balaban J connectivity index is 0.00000121. The average molecular weight is 226 g/mol. The Bertz CT molecular complexity index is 341. The van der Waals surface area contributed by atoms with Crippen molar-refractivity contribution in [2.45, 2.75) is 11.8 Å². The third-order valence-electron chi connectivity index (χ3n) is 1.31. The predicted octanol–water partition coefficient (Wildman–Crippen LogP) is -1.43. The van der Waals surface area contributed by atoms with Crippen LogP contribution in [0, 0.1) is 6.92 Å². The molecule has 60 valence electrons. The zero-order valence-electron chi connectivity index (χ0n) is 6.94. The fraction of sp³-hybridized carbons (Fsp3) is 0.143. The van der Waals surface area contributed by atoms with E-state index < -0.39 is 7.52 Å². The van der Waals surface area contributed by atoms with E-state index in [-0.39, 0.29) is 29.6 Å². The van der Waals surface area contributed by atoms with Gasteiger partial charge < -0.3 is 11.7 Å². The van der Waals surface area contributed by atoms with Gasteiger partial charge in [-0.15, -0.1) is 0 Å². The number of aryl methyl sites for hydroxylation is 1. The molecule has 0 amide bonds. The molecular formula is C7H7NaOS3. The fourth-order valence-corrected chi connectivity index (χ4v) is 1.84. The average Bonchev–Trinajstić information content (AvgIpc) is 1.86. The van der Waals surface area contributed by atoms with Gasteiger partial charge in [-0.25, -0.2) is 0 Å². The van der Waals surface area contributed by atoms with Crippen molar-refractivity contribution >= 4 is 30.4 Å². The van der Waals surface area contributed by atoms with E-state index in [0.29, 0.717) is 4.90 Å². The van der Waals surface area contributed by atoms with Gasteiger partial charge in [0.05, 0.1) is 0 Å². The Kier molecular flexibility index (Phi) is 5.37. The van der Waals surface area contributed by atoms with Gasteiger partial charge in [0.1, 0.15) is 0 Å². The first-order valence-electron chi connectivity index (χ1n) is 3.03. The van der Waals surface area contributed by atoms with Crippen molar-refractivity contribution in [3.8, 4) is 0 Å². The molecule has 12 heavy (non-hydrogen) atoms. The van der Waals surface area contributed by atoms with Crippen LogP contribution in [0.3, 0.4) is 0 Å². The van der Waals surface area contributed by atoms with Crippen molar-refractivity contribution in [3.63, 3.8) is 0 Å². The smallest absolute Gasteiger partial charge is 0.673 e. The Labute approximate surface area is 105 Å². The van der Waals surface area contributed by atoms with Crippen LogP contribution in [-0.4, -0.2) is 4.21 Å².